The van der Waals surface area contributed by atoms with Crippen molar-refractivity contribution in [3.63, 3.8) is 0 Å². The van der Waals surface area contributed by atoms with Gasteiger partial charge in [0.25, 0.3) is 0 Å². The van der Waals surface area contributed by atoms with Crippen molar-refractivity contribution in [2.24, 2.45) is 11.8 Å². The first kappa shape index (κ1) is 26.4. The van der Waals surface area contributed by atoms with Crippen LogP contribution in [0.2, 0.25) is 0 Å². The molecule has 0 bridgehead atoms. The van der Waals surface area contributed by atoms with E-state index in [0.29, 0.717) is 23.4 Å². The Morgan fingerprint density at radius 1 is 1.24 bits per heavy atom. The molecule has 1 N–H and O–H groups in total. The van der Waals surface area contributed by atoms with Crippen LogP contribution in [0.1, 0.15) is 91.0 Å². The second kappa shape index (κ2) is 12.5. The number of hydrogen-bond acceptors (Lipinski definition) is 4. The molecule has 1 atom stereocenters. The van der Waals surface area contributed by atoms with Crippen LogP contribution in [0.5, 0.6) is 0 Å². The molecular weight excluding hydrogens is 440 g/mol. The number of aromatic nitrogens is 2. The molecule has 0 aliphatic heterocycles. The molecule has 0 saturated heterocycles. The summed E-state index contributed by atoms with van der Waals surface area (Å²) < 4.78 is 0. The van der Waals surface area contributed by atoms with E-state index >= 15 is 0 Å². The maximum absolute atomic E-state index is 10.4. The molecule has 2 aliphatic rings. The lowest BCUT2D eigenvalue weighted by Crippen LogP contribution is -2.23. The van der Waals surface area contributed by atoms with E-state index < -0.39 is 0 Å². The summed E-state index contributed by atoms with van der Waals surface area (Å²) in [5.74, 6) is 1.95. The Hall–Kier alpha value is -2.22. The van der Waals surface area contributed by atoms with Crippen LogP contribution in [-0.4, -0.2) is 16.0 Å². The Balaban J connectivity index is 2.05. The number of halogens is 1. The highest BCUT2D eigenvalue weighted by molar-refractivity contribution is 6.31. The number of nitrogens with zero attached hydrogens (tertiary/aromatic N) is 3. The average molecular weight is 479 g/mol. The Morgan fingerprint density at radius 3 is 2.47 bits per heavy atom. The number of rotatable bonds is 10. The van der Waals surface area contributed by atoms with Gasteiger partial charge in [-0.3, -0.25) is 0 Å². The molecule has 0 amide bonds. The summed E-state index contributed by atoms with van der Waals surface area (Å²) in [6.07, 6.45) is 15.5. The fourth-order valence-corrected chi connectivity index (χ4v) is 5.18. The van der Waals surface area contributed by atoms with E-state index in [1.165, 1.54) is 24.8 Å². The van der Waals surface area contributed by atoms with E-state index in [2.05, 4.69) is 45.2 Å². The second-order valence-electron chi connectivity index (χ2n) is 9.93. The molecule has 0 aromatic carbocycles. The number of hydrogen-bond donors (Lipinski definition) is 1. The summed E-state index contributed by atoms with van der Waals surface area (Å²) in [6, 6.07) is 2.95. The van der Waals surface area contributed by atoms with Gasteiger partial charge in [-0.05, 0) is 60.8 Å². The van der Waals surface area contributed by atoms with E-state index in [0.717, 1.165) is 65.5 Å². The Morgan fingerprint density at radius 2 is 1.94 bits per heavy atom. The lowest BCUT2D eigenvalue weighted by Gasteiger charge is -2.34. The van der Waals surface area contributed by atoms with Crippen molar-refractivity contribution in [2.75, 3.05) is 0 Å². The van der Waals surface area contributed by atoms with Gasteiger partial charge in [-0.25, -0.2) is 9.97 Å². The zero-order valence-electron chi connectivity index (χ0n) is 21.4. The van der Waals surface area contributed by atoms with Crippen LogP contribution in [0.3, 0.4) is 0 Å². The third-order valence-corrected chi connectivity index (χ3v) is 7.64. The van der Waals surface area contributed by atoms with Crippen LogP contribution in [-0.2, 0) is 6.54 Å². The molecule has 0 spiro atoms. The largest absolute Gasteiger partial charge is 0.310 e. The van der Waals surface area contributed by atoms with Gasteiger partial charge in [0.15, 0.2) is 5.82 Å². The lowest BCUT2D eigenvalue weighted by molar-refractivity contribution is 0.203. The molecule has 2 aliphatic carbocycles. The van der Waals surface area contributed by atoms with Crippen molar-refractivity contribution in [2.45, 2.75) is 92.2 Å². The first-order valence-electron chi connectivity index (χ1n) is 12.8. The predicted octanol–water partition coefficient (Wildman–Crippen LogP) is 7.65. The fourth-order valence-electron chi connectivity index (χ4n) is 4.80. The van der Waals surface area contributed by atoms with Gasteiger partial charge in [0.05, 0.1) is 5.57 Å². The molecule has 1 fully saturated rings. The summed E-state index contributed by atoms with van der Waals surface area (Å²) in [7, 11) is 0. The molecule has 4 nitrogen and oxygen atoms in total. The van der Waals surface area contributed by atoms with E-state index in [9.17, 15) is 5.26 Å². The molecule has 1 saturated carbocycles. The smallest absolute Gasteiger partial charge is 0.156 e. The monoisotopic (exact) mass is 478 g/mol. The maximum atomic E-state index is 10.4. The van der Waals surface area contributed by atoms with Gasteiger partial charge in [-0.2, -0.15) is 5.26 Å². The van der Waals surface area contributed by atoms with Gasteiger partial charge < -0.3 is 5.32 Å². The average Bonchev–Trinajstić information content (AvgIpc) is 2.93. The molecular formula is C29H39ClN4. The van der Waals surface area contributed by atoms with Crippen LogP contribution in [0.4, 0.5) is 0 Å². The first-order valence-corrected chi connectivity index (χ1v) is 13.2. The highest BCUT2D eigenvalue weighted by Gasteiger charge is 2.29. The van der Waals surface area contributed by atoms with Crippen molar-refractivity contribution in [1.29, 1.82) is 5.26 Å². The number of allylic oxidation sites excluding steroid dienone is 8. The van der Waals surface area contributed by atoms with Crippen LogP contribution < -0.4 is 5.32 Å². The van der Waals surface area contributed by atoms with Gasteiger partial charge >= 0.3 is 0 Å². The Labute approximate surface area is 210 Å². The van der Waals surface area contributed by atoms with Crippen molar-refractivity contribution < 1.29 is 0 Å². The van der Waals surface area contributed by atoms with E-state index in [-0.39, 0.29) is 0 Å². The highest BCUT2D eigenvalue weighted by Crippen LogP contribution is 2.42. The summed E-state index contributed by atoms with van der Waals surface area (Å²) in [5.41, 5.74) is 5.92. The van der Waals surface area contributed by atoms with Crippen molar-refractivity contribution in [1.82, 2.24) is 15.3 Å². The molecule has 3 rings (SSSR count). The molecule has 34 heavy (non-hydrogen) atoms. The van der Waals surface area contributed by atoms with Crippen LogP contribution >= 0.6 is 11.6 Å². The number of nitriles is 1. The van der Waals surface area contributed by atoms with Crippen LogP contribution in [0.15, 0.2) is 51.9 Å². The molecule has 1 aromatic heterocycles. The molecule has 1 heterocycles. The normalized spacial score (nSPS) is 18.5. The van der Waals surface area contributed by atoms with Crippen molar-refractivity contribution >= 4 is 17.2 Å². The summed E-state index contributed by atoms with van der Waals surface area (Å²) >= 11 is 6.58. The SMILES string of the molecule is CCC1=C(Cl)C=C(C)C(C(C#N)=C(CC(CC)C2CCC2)c2ncc(CNC(C)C)cn2)=CC1. The van der Waals surface area contributed by atoms with E-state index in [1.54, 1.807) is 0 Å². The van der Waals surface area contributed by atoms with Gasteiger partial charge in [0.2, 0.25) is 0 Å². The van der Waals surface area contributed by atoms with E-state index in [4.69, 9.17) is 21.6 Å². The maximum Gasteiger partial charge on any atom is 0.156 e. The lowest BCUT2D eigenvalue weighted by atomic mass is 9.71. The minimum Gasteiger partial charge on any atom is -0.310 e. The Kier molecular flexibility index (Phi) is 9.68. The first-order chi connectivity index (χ1) is 16.4. The summed E-state index contributed by atoms with van der Waals surface area (Å²) in [6.45, 7) is 11.4. The molecule has 182 valence electrons. The molecule has 1 aromatic rings. The van der Waals surface area contributed by atoms with Gasteiger partial charge in [0.1, 0.15) is 6.07 Å². The van der Waals surface area contributed by atoms with Crippen molar-refractivity contribution in [3.8, 4) is 6.07 Å². The molecule has 5 heteroatoms. The minimum absolute atomic E-state index is 0.401. The molecule has 1 unspecified atom stereocenters. The third kappa shape index (κ3) is 6.46. The summed E-state index contributed by atoms with van der Waals surface area (Å²) in [4.78, 5) is 9.52. The highest BCUT2D eigenvalue weighted by atomic mass is 35.5. The zero-order chi connectivity index (χ0) is 24.7. The number of nitrogens with one attached hydrogen (secondary N) is 1. The van der Waals surface area contributed by atoms with Gasteiger partial charge in [-0.15, -0.1) is 0 Å². The standard InChI is InChI=1S/C29H39ClN4/c1-6-22-11-12-25(20(5)13-28(22)30)27(15-31)26(14-23(7-2)24-9-8-10-24)29-33-17-21(18-34-29)16-32-19(3)4/h12-13,17-19,23-24,32H,6-11,14,16H2,1-5H3. The van der Waals surface area contributed by atoms with E-state index in [1.807, 2.05) is 25.4 Å². The fraction of sp³-hybridized carbons (Fsp3) is 0.552. The molecule has 0 radical (unpaired) electrons. The topological polar surface area (TPSA) is 61.6 Å². The van der Waals surface area contributed by atoms with Crippen LogP contribution in [0, 0.1) is 23.2 Å². The minimum atomic E-state index is 0.401. The van der Waals surface area contributed by atoms with Gasteiger partial charge in [-0.1, -0.05) is 71.1 Å². The van der Waals surface area contributed by atoms with Crippen molar-refractivity contribution in [3.05, 3.63) is 63.3 Å². The second-order valence-corrected chi connectivity index (χ2v) is 10.3. The quantitative estimate of drug-likeness (QED) is 0.351. The summed E-state index contributed by atoms with van der Waals surface area (Å²) in [5, 5.41) is 14.6. The van der Waals surface area contributed by atoms with Gasteiger partial charge in [0, 0.05) is 41.1 Å². The zero-order valence-corrected chi connectivity index (χ0v) is 22.2. The predicted molar refractivity (Wildman–Crippen MR) is 142 cm³/mol. The Bertz CT molecular complexity index is 1020. The van der Waals surface area contributed by atoms with Crippen LogP contribution in [0.25, 0.3) is 5.57 Å². The third-order valence-electron chi connectivity index (χ3n) is 7.26.